The highest BCUT2D eigenvalue weighted by Crippen LogP contribution is 2.49. The Bertz CT molecular complexity index is 1230. The van der Waals surface area contributed by atoms with Gasteiger partial charge in [-0.15, -0.1) is 0 Å². The minimum Gasteiger partial charge on any atom is -0.417 e. The van der Waals surface area contributed by atoms with Crippen molar-refractivity contribution in [2.24, 2.45) is 0 Å². The molecule has 1 aliphatic carbocycles. The van der Waals surface area contributed by atoms with Gasteiger partial charge in [-0.2, -0.15) is 18.0 Å². The van der Waals surface area contributed by atoms with Crippen LogP contribution < -0.4 is 5.32 Å². The quantitative estimate of drug-likeness (QED) is 0.427. The number of halogens is 4. The van der Waals surface area contributed by atoms with Crippen molar-refractivity contribution >= 4 is 17.7 Å². The number of hydrogen-bond donors (Lipinski definition) is 1. The summed E-state index contributed by atoms with van der Waals surface area (Å²) in [6.45, 7) is 3.94. The first kappa shape index (κ1) is 25.7. The zero-order chi connectivity index (χ0) is 26.6. The third-order valence-electron chi connectivity index (χ3n) is 7.65. The molecule has 0 radical (unpaired) electrons. The van der Waals surface area contributed by atoms with Crippen molar-refractivity contribution in [3.8, 4) is 0 Å². The number of carbonyl (C=O) groups is 2. The normalized spacial score (nSPS) is 24.6. The highest BCUT2D eigenvalue weighted by atomic mass is 19.4. The number of carbonyl (C=O) groups excluding carboxylic acids is 2. The lowest BCUT2D eigenvalue weighted by Crippen LogP contribution is -2.75. The van der Waals surface area contributed by atoms with Gasteiger partial charge in [-0.05, 0) is 58.1 Å². The highest BCUT2D eigenvalue weighted by molar-refractivity contribution is 6.07. The molecule has 1 aromatic carbocycles. The number of ether oxygens (including phenoxy) is 1. The van der Waals surface area contributed by atoms with Gasteiger partial charge >= 0.3 is 12.3 Å². The van der Waals surface area contributed by atoms with Crippen molar-refractivity contribution in [2.45, 2.75) is 83.2 Å². The summed E-state index contributed by atoms with van der Waals surface area (Å²) in [4.78, 5) is 31.3. The van der Waals surface area contributed by atoms with Crippen LogP contribution in [0.25, 0.3) is 0 Å². The average Bonchev–Trinajstić information content (AvgIpc) is 3.26. The summed E-state index contributed by atoms with van der Waals surface area (Å²) in [7, 11) is 0. The van der Waals surface area contributed by atoms with Crippen LogP contribution in [0, 0.1) is 5.82 Å². The Morgan fingerprint density at radius 3 is 2.68 bits per heavy atom. The molecule has 37 heavy (non-hydrogen) atoms. The fraction of sp³-hybridized carbons (Fsp3) is 0.577. The summed E-state index contributed by atoms with van der Waals surface area (Å²) in [5, 5.41) is 2.74. The maximum absolute atomic E-state index is 13.8. The number of benzene rings is 1. The minimum absolute atomic E-state index is 0.0823. The SMILES string of the molecule is CC(C)OC(=O)[N+]1(Cc2nc3c(n2CCCC(F)(F)F)CCCC3)CC2(C1)C(=O)Nc1cc(F)ccc12. The largest absolute Gasteiger partial charge is 0.516 e. The number of nitrogens with one attached hydrogen (secondary N) is 1. The first-order valence-corrected chi connectivity index (χ1v) is 12.8. The fourth-order valence-electron chi connectivity index (χ4n) is 6.07. The van der Waals surface area contributed by atoms with Crippen molar-refractivity contribution in [3.05, 3.63) is 46.8 Å². The van der Waals surface area contributed by atoms with E-state index in [-0.39, 0.29) is 43.0 Å². The first-order chi connectivity index (χ1) is 17.4. The molecule has 0 bridgehead atoms. The molecule has 2 aliphatic heterocycles. The van der Waals surface area contributed by atoms with Gasteiger partial charge in [0, 0.05) is 29.9 Å². The van der Waals surface area contributed by atoms with E-state index in [1.807, 2.05) is 4.57 Å². The maximum atomic E-state index is 13.8. The second kappa shape index (κ2) is 9.11. The molecule has 11 heteroatoms. The molecule has 1 aromatic heterocycles. The average molecular weight is 524 g/mol. The molecule has 7 nitrogen and oxygen atoms in total. The van der Waals surface area contributed by atoms with E-state index in [1.54, 1.807) is 19.9 Å². The van der Waals surface area contributed by atoms with Gasteiger partial charge in [-0.3, -0.25) is 4.79 Å². The van der Waals surface area contributed by atoms with E-state index in [4.69, 9.17) is 9.72 Å². The van der Waals surface area contributed by atoms with Crippen molar-refractivity contribution in [1.82, 2.24) is 9.55 Å². The van der Waals surface area contributed by atoms with Crippen LogP contribution in [-0.2, 0) is 40.9 Å². The van der Waals surface area contributed by atoms with Crippen LogP contribution >= 0.6 is 0 Å². The Morgan fingerprint density at radius 1 is 1.24 bits per heavy atom. The van der Waals surface area contributed by atoms with E-state index >= 15 is 0 Å². The zero-order valence-corrected chi connectivity index (χ0v) is 21.0. The Balaban J connectivity index is 1.48. The Labute approximate surface area is 212 Å². The van der Waals surface area contributed by atoms with Crippen LogP contribution in [0.15, 0.2) is 18.2 Å². The molecule has 5 rings (SSSR count). The zero-order valence-electron chi connectivity index (χ0n) is 21.0. The molecule has 1 N–H and O–H groups in total. The van der Waals surface area contributed by atoms with Crippen LogP contribution in [0.5, 0.6) is 0 Å². The van der Waals surface area contributed by atoms with E-state index in [2.05, 4.69) is 5.32 Å². The molecule has 1 spiro atoms. The lowest BCUT2D eigenvalue weighted by Gasteiger charge is -2.51. The van der Waals surface area contributed by atoms with Gasteiger partial charge in [0.15, 0.2) is 11.2 Å². The predicted molar refractivity (Wildman–Crippen MR) is 126 cm³/mol. The van der Waals surface area contributed by atoms with Gasteiger partial charge in [0.05, 0.1) is 5.69 Å². The number of aromatic nitrogens is 2. The highest BCUT2D eigenvalue weighted by Gasteiger charge is 2.69. The summed E-state index contributed by atoms with van der Waals surface area (Å²) < 4.78 is 59.7. The Kier molecular flexibility index (Phi) is 6.32. The molecule has 2 amide bonds. The number of hydrogen-bond acceptors (Lipinski definition) is 4. The standard InChI is InChI=1S/C26H30F4N4O3/c1-16(2)37-24(36)34(14-25(15-34)18-9-8-17(27)12-20(18)32-23(25)35)13-22-31-19-6-3-4-7-21(19)33(22)11-5-10-26(28,29)30/h8-9,12,16H,3-7,10-11,13-15H2,1-2H3/p+1. The maximum Gasteiger partial charge on any atom is 0.516 e. The summed E-state index contributed by atoms with van der Waals surface area (Å²) in [5.41, 5.74) is 1.83. The monoisotopic (exact) mass is 523 g/mol. The minimum atomic E-state index is -4.25. The topological polar surface area (TPSA) is 73.2 Å². The number of anilines is 1. The van der Waals surface area contributed by atoms with Crippen LogP contribution in [0.4, 0.5) is 28.0 Å². The number of likely N-dealkylation sites (tertiary alicyclic amines) is 1. The van der Waals surface area contributed by atoms with Crippen molar-refractivity contribution in [1.29, 1.82) is 0 Å². The van der Waals surface area contributed by atoms with Gasteiger partial charge in [-0.25, -0.2) is 13.9 Å². The molecule has 200 valence electrons. The smallest absolute Gasteiger partial charge is 0.417 e. The summed E-state index contributed by atoms with van der Waals surface area (Å²) in [6.07, 6.45) is -2.76. The van der Waals surface area contributed by atoms with Crippen LogP contribution in [-0.4, -0.2) is 51.4 Å². The molecule has 0 saturated carbocycles. The molecule has 3 heterocycles. The molecule has 0 atom stereocenters. The molecular formula is C26H31F4N4O3+. The number of rotatable bonds is 6. The third-order valence-corrected chi connectivity index (χ3v) is 7.65. The van der Waals surface area contributed by atoms with Crippen molar-refractivity contribution in [2.75, 3.05) is 18.4 Å². The van der Waals surface area contributed by atoms with Gasteiger partial charge in [0.25, 0.3) is 0 Å². The lowest BCUT2D eigenvalue weighted by atomic mass is 9.72. The lowest BCUT2D eigenvalue weighted by molar-refractivity contribution is -0.920. The van der Waals surface area contributed by atoms with Crippen LogP contribution in [0.1, 0.15) is 62.3 Å². The first-order valence-electron chi connectivity index (χ1n) is 12.8. The number of quaternary nitrogens is 1. The number of imidazole rings is 1. The Hall–Kier alpha value is -2.95. The summed E-state index contributed by atoms with van der Waals surface area (Å²) in [5.74, 6) is -0.226. The van der Waals surface area contributed by atoms with E-state index in [0.717, 1.165) is 37.1 Å². The second-order valence-corrected chi connectivity index (χ2v) is 10.8. The molecule has 2 aromatic rings. The number of alkyl halides is 3. The molecule has 1 fully saturated rings. The van der Waals surface area contributed by atoms with E-state index in [9.17, 15) is 27.2 Å². The summed E-state index contributed by atoms with van der Waals surface area (Å²) >= 11 is 0. The number of amides is 2. The molecule has 1 saturated heterocycles. The van der Waals surface area contributed by atoms with Gasteiger partial charge in [-0.1, -0.05) is 6.07 Å². The van der Waals surface area contributed by atoms with Crippen molar-refractivity contribution in [3.63, 3.8) is 0 Å². The van der Waals surface area contributed by atoms with E-state index in [0.29, 0.717) is 17.1 Å². The van der Waals surface area contributed by atoms with Crippen LogP contribution in [0.2, 0.25) is 0 Å². The van der Waals surface area contributed by atoms with E-state index in [1.165, 1.54) is 12.1 Å². The molecular weight excluding hydrogens is 492 g/mol. The number of aryl methyl sites for hydroxylation is 1. The van der Waals surface area contributed by atoms with Crippen molar-refractivity contribution < 1.29 is 36.4 Å². The Morgan fingerprint density at radius 2 is 1.97 bits per heavy atom. The second-order valence-electron chi connectivity index (χ2n) is 10.8. The number of fused-ring (bicyclic) bond motifs is 3. The van der Waals surface area contributed by atoms with Gasteiger partial charge in [0.2, 0.25) is 5.91 Å². The number of nitrogens with zero attached hydrogens (tertiary/aromatic N) is 3. The fourth-order valence-corrected chi connectivity index (χ4v) is 6.07. The van der Waals surface area contributed by atoms with Crippen LogP contribution in [0.3, 0.4) is 0 Å². The van der Waals surface area contributed by atoms with Gasteiger partial charge < -0.3 is 14.6 Å². The molecule has 3 aliphatic rings. The molecule has 0 unspecified atom stereocenters. The third kappa shape index (κ3) is 4.62. The van der Waals surface area contributed by atoms with E-state index < -0.39 is 36.0 Å². The predicted octanol–water partition coefficient (Wildman–Crippen LogP) is 5.01. The summed E-state index contributed by atoms with van der Waals surface area (Å²) in [6, 6.07) is 4.13. The van der Waals surface area contributed by atoms with Gasteiger partial charge in [0.1, 0.15) is 31.6 Å².